The number of benzene rings is 3. The number of rotatable bonds is 4. The Morgan fingerprint density at radius 1 is 1.03 bits per heavy atom. The average Bonchev–Trinajstić information content (AvgIpc) is 3.38. The van der Waals surface area contributed by atoms with E-state index in [1.54, 1.807) is 11.2 Å². The summed E-state index contributed by atoms with van der Waals surface area (Å²) in [5.41, 5.74) is 5.53. The summed E-state index contributed by atoms with van der Waals surface area (Å²) in [4.78, 5) is 27.2. The maximum absolute atomic E-state index is 13.1. The normalized spacial score (nSPS) is 17.6. The third-order valence-corrected chi connectivity index (χ3v) is 5.38. The number of hydrogen-bond acceptors (Lipinski definition) is 3. The van der Waals surface area contributed by atoms with Crippen LogP contribution < -0.4 is 10.2 Å². The molecule has 6 nitrogen and oxygen atoms in total. The maximum Gasteiger partial charge on any atom is 0.328 e. The van der Waals surface area contributed by atoms with Crippen molar-refractivity contribution >= 4 is 34.3 Å². The second-order valence-corrected chi connectivity index (χ2v) is 7.20. The van der Waals surface area contributed by atoms with Crippen LogP contribution >= 0.6 is 0 Å². The zero-order chi connectivity index (χ0) is 20.5. The van der Waals surface area contributed by atoms with E-state index in [1.807, 2.05) is 66.7 Å². The molecule has 1 aliphatic heterocycles. The highest BCUT2D eigenvalue weighted by atomic mass is 16.2. The number of fused-ring (bicyclic) bond motifs is 1. The zero-order valence-corrected chi connectivity index (χ0v) is 16.5. The summed E-state index contributed by atoms with van der Waals surface area (Å²) in [5, 5.41) is 3.00. The van der Waals surface area contributed by atoms with Crippen LogP contribution in [0.1, 0.15) is 24.1 Å². The monoisotopic (exact) mass is 395 g/mol. The average molecular weight is 395 g/mol. The molecule has 2 amide bonds. The standard InChI is InChI=1S/C24H21N5O/c1-2-16-8-6-7-11-19(16)27-23-22(17-9-4-3-5-10-17)29(24(30)28-23)18-12-13-20-21(14-18)26-15-25-20/h3-15,22H,2H2,1H3,(H,25,26)(H,27,28,30). The van der Waals surface area contributed by atoms with E-state index in [1.165, 1.54) is 0 Å². The van der Waals surface area contributed by atoms with Crippen molar-refractivity contribution in [1.82, 2.24) is 15.3 Å². The van der Waals surface area contributed by atoms with E-state index >= 15 is 0 Å². The predicted molar refractivity (Wildman–Crippen MR) is 119 cm³/mol. The van der Waals surface area contributed by atoms with Gasteiger partial charge in [0.2, 0.25) is 0 Å². The maximum atomic E-state index is 13.1. The van der Waals surface area contributed by atoms with Crippen molar-refractivity contribution in [3.8, 4) is 0 Å². The molecule has 1 unspecified atom stereocenters. The minimum Gasteiger partial charge on any atom is -0.345 e. The molecule has 1 fully saturated rings. The molecule has 30 heavy (non-hydrogen) atoms. The highest BCUT2D eigenvalue weighted by Gasteiger charge is 2.39. The summed E-state index contributed by atoms with van der Waals surface area (Å²) in [6.07, 6.45) is 2.53. The van der Waals surface area contributed by atoms with E-state index in [0.29, 0.717) is 5.84 Å². The molecule has 0 bridgehead atoms. The number of carbonyl (C=O) groups excluding carboxylic acids is 1. The van der Waals surface area contributed by atoms with Crippen LogP contribution in [0.3, 0.4) is 0 Å². The third-order valence-electron chi connectivity index (χ3n) is 5.38. The van der Waals surface area contributed by atoms with Crippen molar-refractivity contribution in [1.29, 1.82) is 0 Å². The zero-order valence-electron chi connectivity index (χ0n) is 16.5. The molecule has 0 spiro atoms. The van der Waals surface area contributed by atoms with Crippen molar-refractivity contribution < 1.29 is 4.79 Å². The largest absolute Gasteiger partial charge is 0.345 e. The van der Waals surface area contributed by atoms with Gasteiger partial charge in [0.15, 0.2) is 0 Å². The molecule has 1 aromatic heterocycles. The summed E-state index contributed by atoms with van der Waals surface area (Å²) < 4.78 is 0. The Hall–Kier alpha value is -3.93. The fourth-order valence-electron chi connectivity index (χ4n) is 3.89. The molecule has 3 aromatic carbocycles. The number of urea groups is 1. The molecule has 5 rings (SSSR count). The lowest BCUT2D eigenvalue weighted by Crippen LogP contribution is -2.29. The summed E-state index contributed by atoms with van der Waals surface area (Å²) in [6.45, 7) is 2.10. The SMILES string of the molecule is CCc1ccccc1/N=C1\NC(=O)N(c2ccc3[nH]cnc3c2)C1c1ccccc1. The third kappa shape index (κ3) is 3.12. The van der Waals surface area contributed by atoms with Gasteiger partial charge in [-0.3, -0.25) is 10.2 Å². The minimum absolute atomic E-state index is 0.202. The Balaban J connectivity index is 1.65. The van der Waals surface area contributed by atoms with E-state index in [0.717, 1.165) is 40.0 Å². The highest BCUT2D eigenvalue weighted by molar-refractivity contribution is 6.17. The van der Waals surface area contributed by atoms with Gasteiger partial charge in [-0.15, -0.1) is 0 Å². The van der Waals surface area contributed by atoms with Gasteiger partial charge >= 0.3 is 6.03 Å². The summed E-state index contributed by atoms with van der Waals surface area (Å²) in [5.74, 6) is 0.620. The first kappa shape index (κ1) is 18.1. The Morgan fingerprint density at radius 3 is 2.67 bits per heavy atom. The summed E-state index contributed by atoms with van der Waals surface area (Å²) >= 11 is 0. The number of anilines is 1. The van der Waals surface area contributed by atoms with Crippen molar-refractivity contribution in [2.45, 2.75) is 19.4 Å². The molecule has 1 aliphatic rings. The predicted octanol–water partition coefficient (Wildman–Crippen LogP) is 5.13. The summed E-state index contributed by atoms with van der Waals surface area (Å²) in [6, 6.07) is 23.2. The molecule has 4 aromatic rings. The van der Waals surface area contributed by atoms with E-state index in [4.69, 9.17) is 4.99 Å². The number of para-hydroxylation sites is 1. The fraction of sp³-hybridized carbons (Fsp3) is 0.125. The molecule has 148 valence electrons. The molecule has 1 atom stereocenters. The van der Waals surface area contributed by atoms with Gasteiger partial charge in [-0.05, 0) is 41.8 Å². The van der Waals surface area contributed by atoms with Gasteiger partial charge in [0.05, 0.1) is 23.0 Å². The first-order chi connectivity index (χ1) is 14.7. The number of aliphatic imine (C=N–C) groups is 1. The molecule has 0 radical (unpaired) electrons. The van der Waals surface area contributed by atoms with E-state index in [9.17, 15) is 4.79 Å². The minimum atomic E-state index is -0.347. The molecule has 2 N–H and O–H groups in total. The van der Waals surface area contributed by atoms with Gasteiger partial charge in [0.1, 0.15) is 11.9 Å². The van der Waals surface area contributed by atoms with E-state index in [-0.39, 0.29) is 12.1 Å². The van der Waals surface area contributed by atoms with Gasteiger partial charge < -0.3 is 4.98 Å². The number of carbonyl (C=O) groups is 1. The second kappa shape index (κ2) is 7.48. The first-order valence-corrected chi connectivity index (χ1v) is 9.99. The van der Waals surface area contributed by atoms with Gasteiger partial charge in [-0.1, -0.05) is 55.5 Å². The number of H-pyrrole nitrogens is 1. The van der Waals surface area contributed by atoms with Crippen molar-refractivity contribution in [3.05, 3.63) is 90.3 Å². The van der Waals surface area contributed by atoms with E-state index in [2.05, 4.69) is 28.3 Å². The van der Waals surface area contributed by atoms with Crippen molar-refractivity contribution in [2.75, 3.05) is 4.90 Å². The lowest BCUT2D eigenvalue weighted by atomic mass is 10.0. The van der Waals surface area contributed by atoms with Crippen LogP contribution in [-0.4, -0.2) is 21.8 Å². The van der Waals surface area contributed by atoms with Crippen LogP contribution in [0.5, 0.6) is 0 Å². The number of aromatic nitrogens is 2. The Labute approximate surface area is 174 Å². The summed E-state index contributed by atoms with van der Waals surface area (Å²) in [7, 11) is 0. The smallest absolute Gasteiger partial charge is 0.328 e. The van der Waals surface area contributed by atoms with Gasteiger partial charge in [-0.25, -0.2) is 14.8 Å². The number of nitrogens with one attached hydrogen (secondary N) is 2. The first-order valence-electron chi connectivity index (χ1n) is 9.99. The lowest BCUT2D eigenvalue weighted by Gasteiger charge is -2.23. The van der Waals surface area contributed by atoms with Crippen molar-refractivity contribution in [3.63, 3.8) is 0 Å². The molecule has 6 heteroatoms. The molecule has 0 saturated carbocycles. The van der Waals surface area contributed by atoms with Crippen LogP contribution in [-0.2, 0) is 6.42 Å². The van der Waals surface area contributed by atoms with Crippen LogP contribution in [0, 0.1) is 0 Å². The number of amides is 2. The van der Waals surface area contributed by atoms with Crippen LogP contribution in [0.15, 0.2) is 84.1 Å². The Bertz CT molecular complexity index is 1240. The molecular formula is C24H21N5O. The van der Waals surface area contributed by atoms with Crippen molar-refractivity contribution in [2.24, 2.45) is 4.99 Å². The van der Waals surface area contributed by atoms with Gasteiger partial charge in [0.25, 0.3) is 0 Å². The van der Waals surface area contributed by atoms with E-state index < -0.39 is 0 Å². The Morgan fingerprint density at radius 2 is 1.83 bits per heavy atom. The number of aromatic amines is 1. The number of amidine groups is 1. The molecule has 2 heterocycles. The molecule has 1 saturated heterocycles. The Kier molecular flexibility index (Phi) is 4.52. The topological polar surface area (TPSA) is 73.4 Å². The van der Waals surface area contributed by atoms with Crippen LogP contribution in [0.2, 0.25) is 0 Å². The van der Waals surface area contributed by atoms with Gasteiger partial charge in [-0.2, -0.15) is 0 Å². The fourth-order valence-corrected chi connectivity index (χ4v) is 3.89. The number of hydrogen-bond donors (Lipinski definition) is 2. The molecule has 0 aliphatic carbocycles. The number of aryl methyl sites for hydroxylation is 1. The number of imidazole rings is 1. The molecular weight excluding hydrogens is 374 g/mol. The number of nitrogens with zero attached hydrogens (tertiary/aromatic N) is 3. The van der Waals surface area contributed by atoms with Crippen LogP contribution in [0.4, 0.5) is 16.2 Å². The van der Waals surface area contributed by atoms with Gasteiger partial charge in [0, 0.05) is 5.69 Å². The van der Waals surface area contributed by atoms with Crippen LogP contribution in [0.25, 0.3) is 11.0 Å². The highest BCUT2D eigenvalue weighted by Crippen LogP contribution is 2.34. The quantitative estimate of drug-likeness (QED) is 0.503. The second-order valence-electron chi connectivity index (χ2n) is 7.20. The lowest BCUT2D eigenvalue weighted by molar-refractivity contribution is 0.252.